The van der Waals surface area contributed by atoms with Crippen LogP contribution in [0.2, 0.25) is 0 Å². The highest BCUT2D eigenvalue weighted by Gasteiger charge is 2.18. The predicted molar refractivity (Wildman–Crippen MR) is 102 cm³/mol. The van der Waals surface area contributed by atoms with Crippen molar-refractivity contribution < 1.29 is 19.4 Å². The zero-order valence-corrected chi connectivity index (χ0v) is 17.4. The molecule has 0 saturated carbocycles. The van der Waals surface area contributed by atoms with Crippen molar-refractivity contribution in [1.29, 1.82) is 0 Å². The number of aliphatic hydroxyl groups excluding tert-OH is 1. The number of rotatable bonds is 8. The quantitative estimate of drug-likeness (QED) is 0.606. The van der Waals surface area contributed by atoms with Gasteiger partial charge in [-0.05, 0) is 52.3 Å². The number of benzene rings is 1. The van der Waals surface area contributed by atoms with E-state index in [1.54, 1.807) is 13.2 Å². The van der Waals surface area contributed by atoms with Gasteiger partial charge in [0.25, 0.3) is 5.91 Å². The van der Waals surface area contributed by atoms with Gasteiger partial charge in [-0.2, -0.15) is 0 Å². The Hall–Kier alpha value is -1.31. The lowest BCUT2D eigenvalue weighted by atomic mass is 10.1. The third-order valence-corrected chi connectivity index (χ3v) is 4.10. The Morgan fingerprint density at radius 1 is 1.20 bits per heavy atom. The number of carbonyl (C=O) groups is 1. The van der Waals surface area contributed by atoms with Crippen molar-refractivity contribution in [3.05, 3.63) is 22.2 Å². The van der Waals surface area contributed by atoms with Gasteiger partial charge in [-0.15, -0.1) is 0 Å². The van der Waals surface area contributed by atoms with E-state index in [1.165, 1.54) is 0 Å². The second-order valence-electron chi connectivity index (χ2n) is 7.58. The Morgan fingerprint density at radius 3 is 2.36 bits per heavy atom. The molecule has 0 aliphatic carbocycles. The summed E-state index contributed by atoms with van der Waals surface area (Å²) in [5, 5.41) is 15.5. The van der Waals surface area contributed by atoms with Gasteiger partial charge < -0.3 is 25.2 Å². The summed E-state index contributed by atoms with van der Waals surface area (Å²) < 4.78 is 11.8. The Kier molecular flexibility index (Phi) is 7.71. The van der Waals surface area contributed by atoms with Crippen LogP contribution in [0, 0.1) is 0 Å². The first-order chi connectivity index (χ1) is 11.5. The topological polar surface area (TPSA) is 79.8 Å². The van der Waals surface area contributed by atoms with Crippen molar-refractivity contribution in [2.75, 3.05) is 20.3 Å². The summed E-state index contributed by atoms with van der Waals surface area (Å²) in [7, 11) is 1.56. The monoisotopic (exact) mass is 416 g/mol. The molecule has 0 saturated heterocycles. The van der Waals surface area contributed by atoms with Crippen molar-refractivity contribution >= 4 is 21.8 Å². The highest BCUT2D eigenvalue weighted by atomic mass is 79.9. The molecule has 0 aliphatic rings. The summed E-state index contributed by atoms with van der Waals surface area (Å²) in [6.45, 7) is 10.1. The zero-order chi connectivity index (χ0) is 19.3. The minimum absolute atomic E-state index is 0.0336. The number of ether oxygens (including phenoxy) is 2. The van der Waals surface area contributed by atoms with E-state index in [4.69, 9.17) is 9.47 Å². The third-order valence-electron chi connectivity index (χ3n) is 3.36. The molecule has 0 bridgehead atoms. The molecule has 0 heterocycles. The SMILES string of the molecule is COc1cc(CNC(C)(C)CO)c(Br)cc1OCC(=O)NC(C)(C)C. The summed E-state index contributed by atoms with van der Waals surface area (Å²) in [4.78, 5) is 11.9. The van der Waals surface area contributed by atoms with Crippen LogP contribution >= 0.6 is 15.9 Å². The van der Waals surface area contributed by atoms with E-state index in [0.29, 0.717) is 18.0 Å². The summed E-state index contributed by atoms with van der Waals surface area (Å²) in [6, 6.07) is 3.63. The first kappa shape index (κ1) is 21.7. The molecule has 0 radical (unpaired) electrons. The van der Waals surface area contributed by atoms with Crippen molar-refractivity contribution in [2.24, 2.45) is 0 Å². The number of aliphatic hydroxyl groups is 1. The molecule has 3 N–H and O–H groups in total. The minimum atomic E-state index is -0.382. The second kappa shape index (κ2) is 8.87. The molecule has 142 valence electrons. The van der Waals surface area contributed by atoms with Gasteiger partial charge in [0.1, 0.15) is 0 Å². The van der Waals surface area contributed by atoms with Gasteiger partial charge in [0.05, 0.1) is 13.7 Å². The van der Waals surface area contributed by atoms with Gasteiger partial charge >= 0.3 is 0 Å². The maximum atomic E-state index is 11.9. The maximum absolute atomic E-state index is 11.9. The van der Waals surface area contributed by atoms with E-state index >= 15 is 0 Å². The molecule has 25 heavy (non-hydrogen) atoms. The molecule has 0 unspecified atom stereocenters. The molecule has 1 amide bonds. The maximum Gasteiger partial charge on any atom is 0.258 e. The Morgan fingerprint density at radius 2 is 1.84 bits per heavy atom. The molecular weight excluding hydrogens is 388 g/mol. The van der Waals surface area contributed by atoms with Crippen LogP contribution in [0.1, 0.15) is 40.2 Å². The van der Waals surface area contributed by atoms with Gasteiger partial charge in [0.2, 0.25) is 0 Å². The van der Waals surface area contributed by atoms with Gasteiger partial charge in [-0.1, -0.05) is 15.9 Å². The van der Waals surface area contributed by atoms with E-state index in [2.05, 4.69) is 26.6 Å². The third kappa shape index (κ3) is 7.63. The van der Waals surface area contributed by atoms with Crippen LogP contribution in [-0.2, 0) is 11.3 Å². The van der Waals surface area contributed by atoms with Crippen LogP contribution in [0.4, 0.5) is 0 Å². The zero-order valence-electron chi connectivity index (χ0n) is 15.8. The van der Waals surface area contributed by atoms with Gasteiger partial charge in [0.15, 0.2) is 18.1 Å². The normalized spacial score (nSPS) is 12.0. The van der Waals surface area contributed by atoms with E-state index in [9.17, 15) is 9.90 Å². The number of amides is 1. The molecule has 7 heteroatoms. The predicted octanol–water partition coefficient (Wildman–Crippen LogP) is 2.61. The molecule has 6 nitrogen and oxygen atoms in total. The molecular formula is C18H29BrN2O4. The fourth-order valence-electron chi connectivity index (χ4n) is 1.97. The second-order valence-corrected chi connectivity index (χ2v) is 8.43. The summed E-state index contributed by atoms with van der Waals surface area (Å²) in [6.07, 6.45) is 0. The fraction of sp³-hybridized carbons (Fsp3) is 0.611. The Balaban J connectivity index is 2.82. The number of hydrogen-bond acceptors (Lipinski definition) is 5. The number of hydrogen-bond donors (Lipinski definition) is 3. The first-order valence-electron chi connectivity index (χ1n) is 8.13. The smallest absolute Gasteiger partial charge is 0.258 e. The van der Waals surface area contributed by atoms with Crippen molar-refractivity contribution in [1.82, 2.24) is 10.6 Å². The number of carbonyl (C=O) groups excluding carboxylic acids is 1. The summed E-state index contributed by atoms with van der Waals surface area (Å²) in [5.41, 5.74) is 0.275. The molecule has 0 atom stereocenters. The molecule has 1 aromatic rings. The lowest BCUT2D eigenvalue weighted by Gasteiger charge is -2.24. The van der Waals surface area contributed by atoms with Crippen molar-refractivity contribution in [2.45, 2.75) is 52.2 Å². The van der Waals surface area contributed by atoms with Crippen LogP contribution in [0.3, 0.4) is 0 Å². The number of methoxy groups -OCH3 is 1. The van der Waals surface area contributed by atoms with Crippen LogP contribution < -0.4 is 20.1 Å². The minimum Gasteiger partial charge on any atom is -0.493 e. The van der Waals surface area contributed by atoms with Gasteiger partial charge in [0, 0.05) is 22.1 Å². The first-order valence-corrected chi connectivity index (χ1v) is 8.93. The average molecular weight is 417 g/mol. The lowest BCUT2D eigenvalue weighted by Crippen LogP contribution is -2.43. The van der Waals surface area contributed by atoms with Crippen LogP contribution in [-0.4, -0.2) is 42.4 Å². The molecule has 0 aromatic heterocycles. The average Bonchev–Trinajstić information content (AvgIpc) is 2.50. The lowest BCUT2D eigenvalue weighted by molar-refractivity contribution is -0.124. The van der Waals surface area contributed by atoms with Gasteiger partial charge in [-0.3, -0.25) is 4.79 Å². The van der Waals surface area contributed by atoms with Crippen LogP contribution in [0.15, 0.2) is 16.6 Å². The van der Waals surface area contributed by atoms with Crippen LogP contribution in [0.5, 0.6) is 11.5 Å². The fourth-order valence-corrected chi connectivity index (χ4v) is 2.44. The number of nitrogens with one attached hydrogen (secondary N) is 2. The number of halogens is 1. The van der Waals surface area contributed by atoms with Crippen molar-refractivity contribution in [3.63, 3.8) is 0 Å². The molecule has 1 rings (SSSR count). The van der Waals surface area contributed by atoms with E-state index in [0.717, 1.165) is 10.0 Å². The highest BCUT2D eigenvalue weighted by molar-refractivity contribution is 9.10. The summed E-state index contributed by atoms with van der Waals surface area (Å²) in [5.74, 6) is 0.843. The molecule has 0 spiro atoms. The van der Waals surface area contributed by atoms with E-state index in [1.807, 2.05) is 40.7 Å². The molecule has 0 aliphatic heterocycles. The van der Waals surface area contributed by atoms with E-state index in [-0.39, 0.29) is 30.2 Å². The molecule has 1 aromatic carbocycles. The standard InChI is InChI=1S/C18H29BrN2O4/c1-17(2,3)21-16(23)10-25-15-8-13(19)12(7-14(15)24-6)9-20-18(4,5)11-22/h7-8,20,22H,9-11H2,1-6H3,(H,21,23). The Bertz CT molecular complexity index is 597. The highest BCUT2D eigenvalue weighted by Crippen LogP contribution is 2.33. The summed E-state index contributed by atoms with van der Waals surface area (Å²) >= 11 is 3.52. The van der Waals surface area contributed by atoms with Gasteiger partial charge in [-0.25, -0.2) is 0 Å². The molecule has 0 fully saturated rings. The van der Waals surface area contributed by atoms with Crippen molar-refractivity contribution in [3.8, 4) is 11.5 Å². The largest absolute Gasteiger partial charge is 0.493 e. The Labute approximate surface area is 158 Å². The van der Waals surface area contributed by atoms with E-state index < -0.39 is 0 Å². The van der Waals surface area contributed by atoms with Crippen LogP contribution in [0.25, 0.3) is 0 Å².